The molecule has 1 aliphatic carbocycles. The summed E-state index contributed by atoms with van der Waals surface area (Å²) < 4.78 is 0. The molecule has 0 aromatic rings. The smallest absolute Gasteiger partial charge is 0.0104 e. The molecule has 0 amide bonds. The maximum Gasteiger partial charge on any atom is 0.0104 e. The first kappa shape index (κ1) is 13.0. The third-order valence-corrected chi connectivity index (χ3v) is 3.95. The summed E-state index contributed by atoms with van der Waals surface area (Å²) >= 11 is 0. The van der Waals surface area contributed by atoms with E-state index in [2.05, 4.69) is 18.9 Å². The molecular weight excluding hydrogens is 184 g/mol. The Labute approximate surface area is 95.2 Å². The van der Waals surface area contributed by atoms with Crippen molar-refractivity contribution >= 4 is 0 Å². The number of hydrogen-bond donors (Lipinski definition) is 1. The highest BCUT2D eigenvalue weighted by atomic mass is 15.2. The second kappa shape index (κ2) is 7.24. The zero-order valence-electron chi connectivity index (χ0n) is 10.5. The van der Waals surface area contributed by atoms with Crippen LogP contribution in [0.2, 0.25) is 0 Å². The molecule has 0 radical (unpaired) electrons. The van der Waals surface area contributed by atoms with Gasteiger partial charge in [0.2, 0.25) is 0 Å². The summed E-state index contributed by atoms with van der Waals surface area (Å²) in [6, 6.07) is 1.53. The zero-order chi connectivity index (χ0) is 11.1. The van der Waals surface area contributed by atoms with E-state index in [9.17, 15) is 0 Å². The standard InChI is InChI=1S/C13H28N2/c1-3-12(10-11-14)15(2)13-8-6-4-5-7-9-13/h12-13H,3-11,14H2,1-2H3. The quantitative estimate of drug-likeness (QED) is 0.710. The minimum atomic E-state index is 0.707. The first-order chi connectivity index (χ1) is 7.29. The van der Waals surface area contributed by atoms with Gasteiger partial charge in [0.1, 0.15) is 0 Å². The molecule has 0 heterocycles. The van der Waals surface area contributed by atoms with Crippen LogP contribution in [0, 0.1) is 0 Å². The highest BCUT2D eigenvalue weighted by Crippen LogP contribution is 2.23. The lowest BCUT2D eigenvalue weighted by Crippen LogP contribution is -2.40. The molecule has 2 N–H and O–H groups in total. The summed E-state index contributed by atoms with van der Waals surface area (Å²) in [6.45, 7) is 3.11. The van der Waals surface area contributed by atoms with Crippen LogP contribution in [0.4, 0.5) is 0 Å². The van der Waals surface area contributed by atoms with Gasteiger partial charge in [-0.15, -0.1) is 0 Å². The van der Waals surface area contributed by atoms with Crippen molar-refractivity contribution in [1.82, 2.24) is 4.90 Å². The van der Waals surface area contributed by atoms with Crippen LogP contribution in [0.3, 0.4) is 0 Å². The molecule has 15 heavy (non-hydrogen) atoms. The summed E-state index contributed by atoms with van der Waals surface area (Å²) in [5, 5.41) is 0. The Morgan fingerprint density at radius 3 is 2.27 bits per heavy atom. The Kier molecular flexibility index (Phi) is 6.26. The van der Waals surface area contributed by atoms with E-state index in [0.717, 1.165) is 19.0 Å². The molecule has 1 aliphatic rings. The fourth-order valence-corrected chi connectivity index (χ4v) is 2.85. The zero-order valence-corrected chi connectivity index (χ0v) is 10.5. The highest BCUT2D eigenvalue weighted by Gasteiger charge is 2.21. The molecule has 1 unspecified atom stereocenters. The van der Waals surface area contributed by atoms with Crippen molar-refractivity contribution in [1.29, 1.82) is 0 Å². The van der Waals surface area contributed by atoms with Crippen molar-refractivity contribution in [3.63, 3.8) is 0 Å². The third-order valence-electron chi connectivity index (χ3n) is 3.95. The summed E-state index contributed by atoms with van der Waals surface area (Å²) in [4.78, 5) is 2.61. The molecule has 0 saturated heterocycles. The van der Waals surface area contributed by atoms with E-state index >= 15 is 0 Å². The molecule has 1 fully saturated rings. The van der Waals surface area contributed by atoms with E-state index in [0.29, 0.717) is 6.04 Å². The monoisotopic (exact) mass is 212 g/mol. The lowest BCUT2D eigenvalue weighted by Gasteiger charge is -2.34. The molecule has 2 nitrogen and oxygen atoms in total. The summed E-state index contributed by atoms with van der Waals surface area (Å²) in [6.07, 6.45) is 10.9. The SMILES string of the molecule is CCC(CCN)N(C)C1CCCCCC1. The van der Waals surface area contributed by atoms with Crippen LogP contribution in [0.5, 0.6) is 0 Å². The number of nitrogens with two attached hydrogens (primary N) is 1. The van der Waals surface area contributed by atoms with Crippen molar-refractivity contribution in [2.45, 2.75) is 70.4 Å². The van der Waals surface area contributed by atoms with Gasteiger partial charge in [-0.3, -0.25) is 0 Å². The Hall–Kier alpha value is -0.0800. The average molecular weight is 212 g/mol. The van der Waals surface area contributed by atoms with E-state index in [1.807, 2.05) is 0 Å². The van der Waals surface area contributed by atoms with Crippen LogP contribution in [0.15, 0.2) is 0 Å². The lowest BCUT2D eigenvalue weighted by molar-refractivity contribution is 0.147. The van der Waals surface area contributed by atoms with Gasteiger partial charge in [0.15, 0.2) is 0 Å². The second-order valence-corrected chi connectivity index (χ2v) is 4.95. The van der Waals surface area contributed by atoms with Crippen LogP contribution in [-0.2, 0) is 0 Å². The first-order valence-electron chi connectivity index (χ1n) is 6.71. The van der Waals surface area contributed by atoms with Crippen molar-refractivity contribution in [2.24, 2.45) is 5.73 Å². The van der Waals surface area contributed by atoms with Crippen molar-refractivity contribution in [3.05, 3.63) is 0 Å². The number of nitrogens with zero attached hydrogens (tertiary/aromatic N) is 1. The third kappa shape index (κ3) is 4.12. The Bertz CT molecular complexity index is 151. The molecule has 0 bridgehead atoms. The average Bonchev–Trinajstić information content (AvgIpc) is 2.53. The molecule has 90 valence electrons. The predicted molar refractivity (Wildman–Crippen MR) is 67.0 cm³/mol. The van der Waals surface area contributed by atoms with Crippen molar-refractivity contribution < 1.29 is 0 Å². The molecule has 1 rings (SSSR count). The van der Waals surface area contributed by atoms with Gasteiger partial charge >= 0.3 is 0 Å². The summed E-state index contributed by atoms with van der Waals surface area (Å²) in [7, 11) is 2.31. The van der Waals surface area contributed by atoms with E-state index in [4.69, 9.17) is 5.73 Å². The Morgan fingerprint density at radius 2 is 1.80 bits per heavy atom. The van der Waals surface area contributed by atoms with Gasteiger partial charge in [-0.1, -0.05) is 32.6 Å². The lowest BCUT2D eigenvalue weighted by atomic mass is 10.0. The summed E-state index contributed by atoms with van der Waals surface area (Å²) in [5.74, 6) is 0. The number of rotatable bonds is 5. The van der Waals surface area contributed by atoms with Crippen LogP contribution >= 0.6 is 0 Å². The van der Waals surface area contributed by atoms with E-state index in [1.165, 1.54) is 44.9 Å². The number of hydrogen-bond acceptors (Lipinski definition) is 2. The van der Waals surface area contributed by atoms with E-state index in [-0.39, 0.29) is 0 Å². The fraction of sp³-hybridized carbons (Fsp3) is 1.00. The fourth-order valence-electron chi connectivity index (χ4n) is 2.85. The maximum absolute atomic E-state index is 5.68. The molecule has 0 spiro atoms. The molecule has 1 atom stereocenters. The minimum absolute atomic E-state index is 0.707. The van der Waals surface area contributed by atoms with Gasteiger partial charge in [0.05, 0.1) is 0 Å². The van der Waals surface area contributed by atoms with Gasteiger partial charge in [0, 0.05) is 12.1 Å². The Balaban J connectivity index is 2.43. The summed E-state index contributed by atoms with van der Waals surface area (Å²) in [5.41, 5.74) is 5.68. The molecule has 0 aromatic carbocycles. The van der Waals surface area contributed by atoms with E-state index in [1.54, 1.807) is 0 Å². The molecule has 1 saturated carbocycles. The van der Waals surface area contributed by atoms with Crippen LogP contribution in [0.25, 0.3) is 0 Å². The van der Waals surface area contributed by atoms with Gasteiger partial charge in [-0.25, -0.2) is 0 Å². The topological polar surface area (TPSA) is 29.3 Å². The Morgan fingerprint density at radius 1 is 1.20 bits per heavy atom. The van der Waals surface area contributed by atoms with Gasteiger partial charge in [-0.05, 0) is 39.3 Å². The van der Waals surface area contributed by atoms with Gasteiger partial charge in [0.25, 0.3) is 0 Å². The van der Waals surface area contributed by atoms with Crippen molar-refractivity contribution in [3.8, 4) is 0 Å². The highest BCUT2D eigenvalue weighted by molar-refractivity contribution is 4.78. The van der Waals surface area contributed by atoms with E-state index < -0.39 is 0 Å². The first-order valence-corrected chi connectivity index (χ1v) is 6.71. The molecule has 0 aromatic heterocycles. The minimum Gasteiger partial charge on any atom is -0.330 e. The predicted octanol–water partition coefficient (Wildman–Crippen LogP) is 2.77. The molecule has 2 heteroatoms. The van der Waals surface area contributed by atoms with Crippen molar-refractivity contribution in [2.75, 3.05) is 13.6 Å². The van der Waals surface area contributed by atoms with Crippen LogP contribution in [-0.4, -0.2) is 30.6 Å². The molecule has 0 aliphatic heterocycles. The second-order valence-electron chi connectivity index (χ2n) is 4.95. The largest absolute Gasteiger partial charge is 0.330 e. The van der Waals surface area contributed by atoms with Gasteiger partial charge < -0.3 is 10.6 Å². The van der Waals surface area contributed by atoms with Gasteiger partial charge in [-0.2, -0.15) is 0 Å². The van der Waals surface area contributed by atoms with Crippen LogP contribution in [0.1, 0.15) is 58.3 Å². The normalized spacial score (nSPS) is 21.6. The molecular formula is C13H28N2. The maximum atomic E-state index is 5.68. The van der Waals surface area contributed by atoms with Crippen LogP contribution < -0.4 is 5.73 Å².